The van der Waals surface area contributed by atoms with Crippen LogP contribution >= 0.6 is 45.5 Å². The van der Waals surface area contributed by atoms with Crippen molar-refractivity contribution >= 4 is 45.5 Å². The first-order valence-electron chi connectivity index (χ1n) is 3.92. The zero-order valence-corrected chi connectivity index (χ0v) is 11.0. The molecule has 0 spiro atoms. The summed E-state index contributed by atoms with van der Waals surface area (Å²) in [6.45, 7) is 2.02. The lowest BCUT2D eigenvalue weighted by Crippen LogP contribution is -1.82. The molecule has 5 heteroatoms. The van der Waals surface area contributed by atoms with Crippen molar-refractivity contribution in [3.8, 4) is 10.6 Å². The molecule has 1 aromatic heterocycles. The Morgan fingerprint density at radius 2 is 2.14 bits per heavy atom. The molecule has 1 heterocycles. The summed E-state index contributed by atoms with van der Waals surface area (Å²) in [5.41, 5.74) is 2.24. The van der Waals surface area contributed by atoms with Gasteiger partial charge in [-0.15, -0.1) is 10.2 Å². The van der Waals surface area contributed by atoms with Gasteiger partial charge in [0.1, 0.15) is 5.01 Å². The zero-order valence-electron chi connectivity index (χ0n) is 7.29. The summed E-state index contributed by atoms with van der Waals surface area (Å²) in [4.78, 5) is 0. The lowest BCUT2D eigenvalue weighted by molar-refractivity contribution is 1.07. The highest BCUT2D eigenvalue weighted by molar-refractivity contribution is 14.1. The van der Waals surface area contributed by atoms with Crippen LogP contribution in [-0.2, 0) is 0 Å². The monoisotopic (exact) mass is 336 g/mol. The van der Waals surface area contributed by atoms with E-state index in [4.69, 9.17) is 11.6 Å². The predicted octanol–water partition coefficient (Wildman–Crippen LogP) is 3.77. The molecule has 0 fully saturated rings. The van der Waals surface area contributed by atoms with Gasteiger partial charge in [0.2, 0.25) is 0 Å². The molecule has 0 N–H and O–H groups in total. The molecule has 0 saturated carbocycles. The second-order valence-corrected chi connectivity index (χ2v) is 5.99. The molecule has 0 amide bonds. The van der Waals surface area contributed by atoms with E-state index < -0.39 is 0 Å². The van der Waals surface area contributed by atoms with E-state index >= 15 is 0 Å². The van der Waals surface area contributed by atoms with E-state index in [1.54, 1.807) is 11.3 Å². The molecule has 0 unspecified atom stereocenters. The summed E-state index contributed by atoms with van der Waals surface area (Å²) in [6.07, 6.45) is 0. The second kappa shape index (κ2) is 4.12. The van der Waals surface area contributed by atoms with Gasteiger partial charge < -0.3 is 0 Å². The van der Waals surface area contributed by atoms with Crippen LogP contribution in [0.5, 0.6) is 0 Å². The lowest BCUT2D eigenvalue weighted by atomic mass is 10.1. The van der Waals surface area contributed by atoms with Crippen molar-refractivity contribution in [2.24, 2.45) is 0 Å². The summed E-state index contributed by atoms with van der Waals surface area (Å²) >= 11 is 9.62. The van der Waals surface area contributed by atoms with Crippen LogP contribution in [0.1, 0.15) is 5.56 Å². The van der Waals surface area contributed by atoms with Crippen LogP contribution in [-0.4, -0.2) is 10.2 Å². The van der Waals surface area contributed by atoms with E-state index in [-0.39, 0.29) is 0 Å². The average Bonchev–Trinajstić information content (AvgIpc) is 2.51. The third-order valence-electron chi connectivity index (χ3n) is 1.82. The van der Waals surface area contributed by atoms with Gasteiger partial charge >= 0.3 is 0 Å². The molecule has 72 valence electrons. The minimum absolute atomic E-state index is 0.755. The van der Waals surface area contributed by atoms with Gasteiger partial charge in [0.25, 0.3) is 0 Å². The van der Waals surface area contributed by atoms with Gasteiger partial charge in [-0.2, -0.15) is 0 Å². The largest absolute Gasteiger partial charge is 0.178 e. The Kier molecular flexibility index (Phi) is 3.04. The molecule has 0 atom stereocenters. The standard InChI is InChI=1S/C9H6ClIN2S/c1-5-4-6(10)2-3-7(5)8-12-13-9(11)14-8/h2-4H,1H3. The normalized spacial score (nSPS) is 10.5. The molecule has 2 aromatic rings. The van der Waals surface area contributed by atoms with Gasteiger partial charge in [-0.3, -0.25) is 0 Å². The van der Waals surface area contributed by atoms with Gasteiger partial charge in [-0.25, -0.2) is 0 Å². The maximum atomic E-state index is 5.88. The quantitative estimate of drug-likeness (QED) is 0.741. The molecule has 2 rings (SSSR count). The fraction of sp³-hybridized carbons (Fsp3) is 0.111. The Balaban J connectivity index is 2.52. The molecule has 0 aliphatic heterocycles. The number of aryl methyl sites for hydroxylation is 1. The second-order valence-electron chi connectivity index (χ2n) is 2.82. The fourth-order valence-corrected chi connectivity index (χ4v) is 2.80. The third-order valence-corrected chi connectivity index (χ3v) is 3.68. The Bertz CT molecular complexity index is 470. The van der Waals surface area contributed by atoms with Gasteiger partial charge in [-0.1, -0.05) is 29.0 Å². The summed E-state index contributed by atoms with van der Waals surface area (Å²) < 4.78 is 0.951. The summed E-state index contributed by atoms with van der Waals surface area (Å²) in [5.74, 6) is 0. The third kappa shape index (κ3) is 2.07. The minimum atomic E-state index is 0.755. The van der Waals surface area contributed by atoms with Crippen LogP contribution in [0.25, 0.3) is 10.6 Å². The highest BCUT2D eigenvalue weighted by Crippen LogP contribution is 2.28. The molecule has 0 aliphatic carbocycles. The Morgan fingerprint density at radius 3 is 2.71 bits per heavy atom. The topological polar surface area (TPSA) is 25.8 Å². The Labute approximate surface area is 104 Å². The minimum Gasteiger partial charge on any atom is -0.137 e. The number of benzene rings is 1. The predicted molar refractivity (Wildman–Crippen MR) is 67.8 cm³/mol. The molecule has 0 saturated heterocycles. The number of hydrogen-bond acceptors (Lipinski definition) is 3. The molecular formula is C9H6ClIN2S. The van der Waals surface area contributed by atoms with Crippen molar-refractivity contribution in [3.05, 3.63) is 31.8 Å². The smallest absolute Gasteiger partial charge is 0.137 e. The van der Waals surface area contributed by atoms with Crippen LogP contribution in [0, 0.1) is 9.94 Å². The molecule has 0 bridgehead atoms. The lowest BCUT2D eigenvalue weighted by Gasteiger charge is -2.00. The highest BCUT2D eigenvalue weighted by atomic mass is 127. The van der Waals surface area contributed by atoms with E-state index in [1.165, 1.54) is 0 Å². The number of nitrogens with zero attached hydrogens (tertiary/aromatic N) is 2. The van der Waals surface area contributed by atoms with Crippen molar-refractivity contribution in [2.45, 2.75) is 6.92 Å². The van der Waals surface area contributed by atoms with Gasteiger partial charge in [0, 0.05) is 10.6 Å². The van der Waals surface area contributed by atoms with Gasteiger partial charge in [0.15, 0.2) is 3.01 Å². The number of hydrogen-bond donors (Lipinski definition) is 0. The van der Waals surface area contributed by atoms with E-state index in [9.17, 15) is 0 Å². The summed E-state index contributed by atoms with van der Waals surface area (Å²) in [7, 11) is 0. The maximum Gasteiger partial charge on any atom is 0.178 e. The maximum absolute atomic E-state index is 5.88. The molecule has 0 aliphatic rings. The first kappa shape index (κ1) is 10.3. The molecule has 2 nitrogen and oxygen atoms in total. The fourth-order valence-electron chi connectivity index (χ4n) is 1.18. The van der Waals surface area contributed by atoms with Crippen molar-refractivity contribution in [2.75, 3.05) is 0 Å². The van der Waals surface area contributed by atoms with Crippen LogP contribution in [0.3, 0.4) is 0 Å². The van der Waals surface area contributed by atoms with Crippen LogP contribution in [0.4, 0.5) is 0 Å². The Hall–Kier alpha value is -0.200. The Morgan fingerprint density at radius 1 is 1.36 bits per heavy atom. The zero-order chi connectivity index (χ0) is 10.1. The van der Waals surface area contributed by atoms with E-state index in [2.05, 4.69) is 32.8 Å². The number of halogens is 2. The van der Waals surface area contributed by atoms with E-state index in [1.807, 2.05) is 25.1 Å². The van der Waals surface area contributed by atoms with Gasteiger partial charge in [0.05, 0.1) is 0 Å². The van der Waals surface area contributed by atoms with Crippen LogP contribution in [0.2, 0.25) is 5.02 Å². The van der Waals surface area contributed by atoms with Crippen molar-refractivity contribution < 1.29 is 0 Å². The number of rotatable bonds is 1. The molecule has 0 radical (unpaired) electrons. The average molecular weight is 337 g/mol. The molecule has 14 heavy (non-hydrogen) atoms. The van der Waals surface area contributed by atoms with Crippen molar-refractivity contribution in [1.82, 2.24) is 10.2 Å². The van der Waals surface area contributed by atoms with Gasteiger partial charge in [-0.05, 0) is 47.2 Å². The van der Waals surface area contributed by atoms with Crippen LogP contribution < -0.4 is 0 Å². The summed E-state index contributed by atoms with van der Waals surface area (Å²) in [5, 5.41) is 9.78. The van der Waals surface area contributed by atoms with E-state index in [0.29, 0.717) is 0 Å². The molecule has 1 aromatic carbocycles. The van der Waals surface area contributed by atoms with Crippen LogP contribution in [0.15, 0.2) is 18.2 Å². The summed E-state index contributed by atoms with van der Waals surface area (Å²) in [6, 6.07) is 5.79. The first-order valence-corrected chi connectivity index (χ1v) is 6.19. The van der Waals surface area contributed by atoms with E-state index in [0.717, 1.165) is 24.2 Å². The van der Waals surface area contributed by atoms with Crippen molar-refractivity contribution in [1.29, 1.82) is 0 Å². The highest BCUT2D eigenvalue weighted by Gasteiger charge is 2.07. The molecular weight excluding hydrogens is 331 g/mol. The van der Waals surface area contributed by atoms with Crippen molar-refractivity contribution in [3.63, 3.8) is 0 Å². The first-order chi connectivity index (χ1) is 6.66. The SMILES string of the molecule is Cc1cc(Cl)ccc1-c1nnc(I)s1. The number of aromatic nitrogens is 2.